The summed E-state index contributed by atoms with van der Waals surface area (Å²) in [5.41, 5.74) is 1.13. The van der Waals surface area contributed by atoms with E-state index in [0.717, 1.165) is 86.0 Å². The average Bonchev–Trinajstić information content (AvgIpc) is 3.47. The van der Waals surface area contributed by atoms with E-state index in [1.54, 1.807) is 0 Å². The minimum atomic E-state index is 0.758. The number of nitrogens with one attached hydrogen (secondary N) is 2. The molecule has 1 aliphatic carbocycles. The third-order valence-corrected chi connectivity index (χ3v) is 6.97. The van der Waals surface area contributed by atoms with E-state index in [4.69, 9.17) is 9.97 Å². The lowest BCUT2D eigenvalue weighted by Gasteiger charge is -2.29. The fourth-order valence-corrected chi connectivity index (χ4v) is 4.84. The Hall–Kier alpha value is -2.94. The van der Waals surface area contributed by atoms with Crippen molar-refractivity contribution in [2.45, 2.75) is 38.6 Å². The molecule has 168 valence electrons. The SMILES string of the molecule is c1c(Nc2cc3c(cn2)cnn3CC2CCC2)nc(N2CCCC2)nc1N1CCNCC1. The number of hydrogen-bond donors (Lipinski definition) is 2. The summed E-state index contributed by atoms with van der Waals surface area (Å²) in [6.07, 6.45) is 10.2. The van der Waals surface area contributed by atoms with Gasteiger partial charge in [-0.25, -0.2) is 4.98 Å². The monoisotopic (exact) mass is 433 g/mol. The fraction of sp³-hybridized carbons (Fsp3) is 0.565. The van der Waals surface area contributed by atoms with E-state index >= 15 is 0 Å². The first-order valence-corrected chi connectivity index (χ1v) is 12.0. The summed E-state index contributed by atoms with van der Waals surface area (Å²) in [6.45, 7) is 6.92. The zero-order chi connectivity index (χ0) is 21.3. The molecule has 3 aromatic heterocycles. The maximum atomic E-state index is 4.92. The zero-order valence-electron chi connectivity index (χ0n) is 18.5. The van der Waals surface area contributed by atoms with Crippen LogP contribution in [0.3, 0.4) is 0 Å². The zero-order valence-corrected chi connectivity index (χ0v) is 18.5. The van der Waals surface area contributed by atoms with Crippen molar-refractivity contribution >= 4 is 34.3 Å². The van der Waals surface area contributed by atoms with Crippen LogP contribution in [0.15, 0.2) is 24.5 Å². The Bertz CT molecular complexity index is 1080. The van der Waals surface area contributed by atoms with Crippen molar-refractivity contribution in [1.82, 2.24) is 30.0 Å². The average molecular weight is 434 g/mol. The first kappa shape index (κ1) is 19.7. The van der Waals surface area contributed by atoms with Crippen molar-refractivity contribution < 1.29 is 0 Å². The molecule has 0 radical (unpaired) electrons. The summed E-state index contributed by atoms with van der Waals surface area (Å²) < 4.78 is 2.13. The molecule has 3 aromatic rings. The van der Waals surface area contributed by atoms with E-state index in [9.17, 15) is 0 Å². The van der Waals surface area contributed by atoms with Gasteiger partial charge in [-0.2, -0.15) is 15.1 Å². The van der Waals surface area contributed by atoms with Gasteiger partial charge in [0, 0.05) is 69.5 Å². The van der Waals surface area contributed by atoms with Gasteiger partial charge in [0.25, 0.3) is 0 Å². The predicted octanol–water partition coefficient (Wildman–Crippen LogP) is 2.77. The molecule has 0 amide bonds. The molecule has 0 bridgehead atoms. The van der Waals surface area contributed by atoms with Gasteiger partial charge in [-0.1, -0.05) is 6.42 Å². The van der Waals surface area contributed by atoms with Gasteiger partial charge in [-0.3, -0.25) is 4.68 Å². The molecule has 2 aliphatic heterocycles. The molecule has 1 saturated carbocycles. The molecule has 0 unspecified atom stereocenters. The summed E-state index contributed by atoms with van der Waals surface area (Å²) in [6, 6.07) is 4.16. The van der Waals surface area contributed by atoms with Crippen molar-refractivity contribution in [2.24, 2.45) is 5.92 Å². The van der Waals surface area contributed by atoms with Crippen LogP contribution in [0, 0.1) is 5.92 Å². The Balaban J connectivity index is 1.30. The van der Waals surface area contributed by atoms with E-state index in [1.165, 1.54) is 32.1 Å². The number of piperazine rings is 1. The lowest BCUT2D eigenvalue weighted by molar-refractivity contribution is 0.270. The molecule has 2 saturated heterocycles. The number of nitrogens with zero attached hydrogens (tertiary/aromatic N) is 7. The van der Waals surface area contributed by atoms with Crippen LogP contribution in [-0.4, -0.2) is 64.0 Å². The fourth-order valence-electron chi connectivity index (χ4n) is 4.84. The first-order valence-electron chi connectivity index (χ1n) is 12.0. The number of anilines is 4. The van der Waals surface area contributed by atoms with Crippen LogP contribution in [-0.2, 0) is 6.54 Å². The maximum Gasteiger partial charge on any atom is 0.229 e. The summed E-state index contributed by atoms with van der Waals surface area (Å²) in [4.78, 5) is 19.1. The first-order chi connectivity index (χ1) is 15.8. The van der Waals surface area contributed by atoms with Gasteiger partial charge >= 0.3 is 0 Å². The van der Waals surface area contributed by atoms with Crippen LogP contribution in [0.2, 0.25) is 0 Å². The van der Waals surface area contributed by atoms with Crippen molar-refractivity contribution in [3.8, 4) is 0 Å². The standard InChI is InChI=1S/C23H31N9/c1-2-9-31(8-1)23-28-21(13-22(29-23)30-10-6-24-7-11-30)27-20-12-19-18(14-25-20)15-26-32(19)16-17-4-3-5-17/h12-15,17,24H,1-11,16H2,(H,25,27,28,29). The highest BCUT2D eigenvalue weighted by atomic mass is 15.3. The molecular weight excluding hydrogens is 402 g/mol. The lowest BCUT2D eigenvalue weighted by atomic mass is 9.85. The van der Waals surface area contributed by atoms with E-state index in [-0.39, 0.29) is 0 Å². The smallest absolute Gasteiger partial charge is 0.229 e. The van der Waals surface area contributed by atoms with E-state index < -0.39 is 0 Å². The summed E-state index contributed by atoms with van der Waals surface area (Å²) >= 11 is 0. The Morgan fingerprint density at radius 1 is 0.906 bits per heavy atom. The molecule has 32 heavy (non-hydrogen) atoms. The Morgan fingerprint density at radius 2 is 1.75 bits per heavy atom. The van der Waals surface area contributed by atoms with E-state index in [2.05, 4.69) is 47.3 Å². The molecule has 9 nitrogen and oxygen atoms in total. The van der Waals surface area contributed by atoms with Crippen molar-refractivity contribution in [3.63, 3.8) is 0 Å². The molecular formula is C23H31N9. The molecule has 3 aliphatic rings. The number of rotatable bonds is 6. The van der Waals surface area contributed by atoms with Crippen LogP contribution in [0.25, 0.3) is 10.9 Å². The predicted molar refractivity (Wildman–Crippen MR) is 127 cm³/mol. The molecule has 5 heterocycles. The van der Waals surface area contributed by atoms with Gasteiger partial charge in [0.15, 0.2) is 0 Å². The second kappa shape index (κ2) is 8.54. The minimum absolute atomic E-state index is 0.758. The second-order valence-corrected chi connectivity index (χ2v) is 9.22. The lowest BCUT2D eigenvalue weighted by Crippen LogP contribution is -2.44. The van der Waals surface area contributed by atoms with Gasteiger partial charge in [0.1, 0.15) is 17.5 Å². The third kappa shape index (κ3) is 3.97. The highest BCUT2D eigenvalue weighted by molar-refractivity contribution is 5.81. The Labute approximate surface area is 188 Å². The van der Waals surface area contributed by atoms with Crippen molar-refractivity contribution in [1.29, 1.82) is 0 Å². The van der Waals surface area contributed by atoms with Gasteiger partial charge in [0.05, 0.1) is 11.7 Å². The number of hydrogen-bond acceptors (Lipinski definition) is 8. The number of fused-ring (bicyclic) bond motifs is 1. The number of aromatic nitrogens is 5. The second-order valence-electron chi connectivity index (χ2n) is 9.22. The summed E-state index contributed by atoms with van der Waals surface area (Å²) in [5.74, 6) is 4.16. The Morgan fingerprint density at radius 3 is 2.53 bits per heavy atom. The molecule has 9 heteroatoms. The summed E-state index contributed by atoms with van der Waals surface area (Å²) in [5, 5.41) is 12.6. The topological polar surface area (TPSA) is 87.0 Å². The molecule has 0 aromatic carbocycles. The largest absolute Gasteiger partial charge is 0.354 e. The van der Waals surface area contributed by atoms with Crippen molar-refractivity contribution in [2.75, 3.05) is 54.4 Å². The normalized spacial score (nSPS) is 19.5. The third-order valence-electron chi connectivity index (χ3n) is 6.97. The molecule has 0 atom stereocenters. The molecule has 0 spiro atoms. The van der Waals surface area contributed by atoms with Gasteiger partial charge < -0.3 is 20.4 Å². The summed E-state index contributed by atoms with van der Waals surface area (Å²) in [7, 11) is 0. The highest BCUT2D eigenvalue weighted by Gasteiger charge is 2.21. The van der Waals surface area contributed by atoms with E-state index in [1.807, 2.05) is 12.4 Å². The van der Waals surface area contributed by atoms with Crippen LogP contribution < -0.4 is 20.4 Å². The number of pyridine rings is 1. The van der Waals surface area contributed by atoms with E-state index in [0.29, 0.717) is 0 Å². The quantitative estimate of drug-likeness (QED) is 0.614. The van der Waals surface area contributed by atoms with Crippen LogP contribution >= 0.6 is 0 Å². The van der Waals surface area contributed by atoms with Gasteiger partial charge in [-0.15, -0.1) is 0 Å². The minimum Gasteiger partial charge on any atom is -0.354 e. The van der Waals surface area contributed by atoms with Gasteiger partial charge in [-0.05, 0) is 31.6 Å². The Kier molecular flexibility index (Phi) is 5.26. The van der Waals surface area contributed by atoms with Crippen molar-refractivity contribution in [3.05, 3.63) is 24.5 Å². The molecule has 6 rings (SSSR count). The molecule has 2 N–H and O–H groups in total. The molecule has 3 fully saturated rings. The van der Waals surface area contributed by atoms with Gasteiger partial charge in [0.2, 0.25) is 5.95 Å². The maximum absolute atomic E-state index is 4.92. The van der Waals surface area contributed by atoms with Crippen LogP contribution in [0.1, 0.15) is 32.1 Å². The van der Waals surface area contributed by atoms with Crippen LogP contribution in [0.5, 0.6) is 0 Å². The van der Waals surface area contributed by atoms with Crippen LogP contribution in [0.4, 0.5) is 23.4 Å². The highest BCUT2D eigenvalue weighted by Crippen LogP contribution is 2.30.